The molecule has 10 nitrogen and oxygen atoms in total. The highest BCUT2D eigenvalue weighted by molar-refractivity contribution is 7.17. The summed E-state index contributed by atoms with van der Waals surface area (Å²) in [7, 11) is 1.49. The Balaban J connectivity index is 1.38. The summed E-state index contributed by atoms with van der Waals surface area (Å²) in [5.74, 6) is 1.08. The molecule has 34 heavy (non-hydrogen) atoms. The fourth-order valence-corrected chi connectivity index (χ4v) is 4.11. The Labute approximate surface area is 196 Å². The molecule has 0 bridgehead atoms. The number of aromatic nitrogens is 4. The average molecular weight is 473 g/mol. The van der Waals surface area contributed by atoms with Crippen LogP contribution in [0.3, 0.4) is 0 Å². The number of nitro groups is 1. The van der Waals surface area contributed by atoms with E-state index in [-0.39, 0.29) is 17.3 Å². The van der Waals surface area contributed by atoms with Gasteiger partial charge in [0.2, 0.25) is 5.89 Å². The van der Waals surface area contributed by atoms with Gasteiger partial charge in [0.1, 0.15) is 21.5 Å². The van der Waals surface area contributed by atoms with Crippen LogP contribution in [0, 0.1) is 10.1 Å². The van der Waals surface area contributed by atoms with E-state index in [4.69, 9.17) is 9.15 Å². The van der Waals surface area contributed by atoms with Crippen molar-refractivity contribution >= 4 is 17.0 Å². The fraction of sp³-hybridized carbons (Fsp3) is 0.0435. The van der Waals surface area contributed by atoms with Crippen LogP contribution in [0.5, 0.6) is 11.5 Å². The number of hydrogen-bond donors (Lipinski definition) is 1. The van der Waals surface area contributed by atoms with E-state index in [9.17, 15) is 15.2 Å². The number of non-ortho nitro benzene ring substituents is 1. The highest BCUT2D eigenvalue weighted by Gasteiger charge is 2.16. The van der Waals surface area contributed by atoms with E-state index < -0.39 is 4.92 Å². The van der Waals surface area contributed by atoms with Gasteiger partial charge < -0.3 is 14.3 Å². The molecule has 0 spiro atoms. The number of benzene rings is 3. The first-order valence-corrected chi connectivity index (χ1v) is 10.7. The lowest BCUT2D eigenvalue weighted by Gasteiger charge is -2.04. The number of phenolic OH excluding ortho intramolecular Hbond substituents is 1. The fourth-order valence-electron chi connectivity index (χ4n) is 3.27. The number of hydrogen-bond acceptors (Lipinski definition) is 10. The Morgan fingerprint density at radius 2 is 1.59 bits per heavy atom. The lowest BCUT2D eigenvalue weighted by molar-refractivity contribution is -0.384. The van der Waals surface area contributed by atoms with Crippen LogP contribution < -0.4 is 4.74 Å². The van der Waals surface area contributed by atoms with Gasteiger partial charge in [-0.15, -0.1) is 20.4 Å². The zero-order valence-corrected chi connectivity index (χ0v) is 18.4. The third kappa shape index (κ3) is 4.07. The molecule has 2 heterocycles. The van der Waals surface area contributed by atoms with Crippen molar-refractivity contribution in [1.82, 2.24) is 20.4 Å². The standard InChI is InChI=1S/C23H15N5O5S/c1-32-19-12-17(29)9-10-18(19)21-25-24-20(33-21)13-5-7-14(8-6-13)22-26-27-23(34-22)15-3-2-4-16(11-15)28(30)31/h2-12,29H,1H3. The number of ether oxygens (including phenoxy) is 1. The van der Waals surface area contributed by atoms with Gasteiger partial charge in [-0.25, -0.2) is 0 Å². The maximum absolute atomic E-state index is 11.0. The lowest BCUT2D eigenvalue weighted by Crippen LogP contribution is -1.87. The maximum atomic E-state index is 11.0. The molecule has 2 aromatic heterocycles. The zero-order chi connectivity index (χ0) is 23.7. The Hall–Kier alpha value is -4.64. The van der Waals surface area contributed by atoms with Crippen LogP contribution in [0.4, 0.5) is 5.69 Å². The summed E-state index contributed by atoms with van der Waals surface area (Å²) in [6.45, 7) is 0. The zero-order valence-electron chi connectivity index (χ0n) is 17.6. The maximum Gasteiger partial charge on any atom is 0.270 e. The van der Waals surface area contributed by atoms with Crippen molar-refractivity contribution in [3.63, 3.8) is 0 Å². The van der Waals surface area contributed by atoms with E-state index in [0.29, 0.717) is 38.3 Å². The van der Waals surface area contributed by atoms with Gasteiger partial charge in [-0.2, -0.15) is 0 Å². The molecular weight excluding hydrogens is 458 g/mol. The van der Waals surface area contributed by atoms with Crippen LogP contribution in [-0.4, -0.2) is 37.5 Å². The van der Waals surface area contributed by atoms with Gasteiger partial charge in [-0.05, 0) is 24.3 Å². The minimum absolute atomic E-state index is 0.00227. The van der Waals surface area contributed by atoms with Crippen LogP contribution in [0.2, 0.25) is 0 Å². The third-order valence-corrected chi connectivity index (χ3v) is 5.97. The molecule has 0 saturated heterocycles. The molecule has 11 heteroatoms. The van der Waals surface area contributed by atoms with Crippen LogP contribution in [0.15, 0.2) is 71.1 Å². The normalized spacial score (nSPS) is 10.9. The number of nitrogens with zero attached hydrogens (tertiary/aromatic N) is 5. The molecule has 5 rings (SSSR count). The second-order valence-corrected chi connectivity index (χ2v) is 8.07. The van der Waals surface area contributed by atoms with Crippen molar-refractivity contribution in [3.05, 3.63) is 76.8 Å². The van der Waals surface area contributed by atoms with Crippen LogP contribution in [0.25, 0.3) is 44.1 Å². The van der Waals surface area contributed by atoms with Gasteiger partial charge in [0, 0.05) is 34.9 Å². The molecular formula is C23H15N5O5S. The molecule has 3 aromatic carbocycles. The Morgan fingerprint density at radius 3 is 2.32 bits per heavy atom. The van der Waals surface area contributed by atoms with Crippen molar-refractivity contribution in [1.29, 1.82) is 0 Å². The second-order valence-electron chi connectivity index (χ2n) is 7.09. The molecule has 0 saturated carbocycles. The topological polar surface area (TPSA) is 137 Å². The van der Waals surface area contributed by atoms with Gasteiger partial charge in [-0.1, -0.05) is 35.6 Å². The van der Waals surface area contributed by atoms with Gasteiger partial charge in [0.15, 0.2) is 0 Å². The Morgan fingerprint density at radius 1 is 0.882 bits per heavy atom. The Kier molecular flexibility index (Phi) is 5.44. The Bertz CT molecular complexity index is 1500. The third-order valence-electron chi connectivity index (χ3n) is 4.95. The SMILES string of the molecule is COc1cc(O)ccc1-c1nnc(-c2ccc(-c3nnc(-c4cccc([N+](=O)[O-])c4)s3)cc2)o1. The molecule has 5 aromatic rings. The molecule has 168 valence electrons. The first-order valence-electron chi connectivity index (χ1n) is 9.92. The minimum Gasteiger partial charge on any atom is -0.508 e. The molecule has 0 aliphatic carbocycles. The van der Waals surface area contributed by atoms with E-state index in [1.165, 1.54) is 42.7 Å². The molecule has 0 unspecified atom stereocenters. The van der Waals surface area contributed by atoms with Gasteiger partial charge in [0.25, 0.3) is 11.6 Å². The number of aromatic hydroxyl groups is 1. The predicted octanol–water partition coefficient (Wildman–Crippen LogP) is 5.21. The highest BCUT2D eigenvalue weighted by Crippen LogP contribution is 2.35. The largest absolute Gasteiger partial charge is 0.508 e. The highest BCUT2D eigenvalue weighted by atomic mass is 32.1. The van der Waals surface area contributed by atoms with Gasteiger partial charge in [-0.3, -0.25) is 10.1 Å². The van der Waals surface area contributed by atoms with Crippen LogP contribution in [0.1, 0.15) is 0 Å². The summed E-state index contributed by atoms with van der Waals surface area (Å²) in [4.78, 5) is 10.6. The van der Waals surface area contributed by atoms with Crippen molar-refractivity contribution in [3.8, 4) is 55.5 Å². The van der Waals surface area contributed by atoms with Crippen molar-refractivity contribution in [2.24, 2.45) is 0 Å². The smallest absolute Gasteiger partial charge is 0.270 e. The van der Waals surface area contributed by atoms with Crippen LogP contribution >= 0.6 is 11.3 Å². The van der Waals surface area contributed by atoms with E-state index in [2.05, 4.69) is 20.4 Å². The minimum atomic E-state index is -0.440. The van der Waals surface area contributed by atoms with Gasteiger partial charge in [0.05, 0.1) is 17.6 Å². The predicted molar refractivity (Wildman–Crippen MR) is 124 cm³/mol. The first-order chi connectivity index (χ1) is 16.5. The summed E-state index contributed by atoms with van der Waals surface area (Å²) in [6, 6.07) is 18.3. The molecule has 0 fully saturated rings. The molecule has 0 aliphatic heterocycles. The summed E-state index contributed by atoms with van der Waals surface area (Å²) in [5.41, 5.74) is 2.75. The molecule has 0 aliphatic rings. The molecule has 0 amide bonds. The quantitative estimate of drug-likeness (QED) is 0.260. The van der Waals surface area contributed by atoms with E-state index >= 15 is 0 Å². The number of nitro benzene ring substituents is 1. The van der Waals surface area contributed by atoms with Gasteiger partial charge >= 0.3 is 0 Å². The van der Waals surface area contributed by atoms with Crippen LogP contribution in [-0.2, 0) is 0 Å². The summed E-state index contributed by atoms with van der Waals surface area (Å²) >= 11 is 1.34. The number of phenols is 1. The first kappa shape index (κ1) is 21.2. The van der Waals surface area contributed by atoms with Crippen molar-refractivity contribution < 1.29 is 19.2 Å². The summed E-state index contributed by atoms with van der Waals surface area (Å²) in [5, 5.41) is 38.5. The average Bonchev–Trinajstić information content (AvgIpc) is 3.55. The second kappa shape index (κ2) is 8.71. The van der Waals surface area contributed by atoms with E-state index in [0.717, 1.165) is 5.56 Å². The molecule has 1 N–H and O–H groups in total. The monoisotopic (exact) mass is 473 g/mol. The van der Waals surface area contributed by atoms with Crippen molar-refractivity contribution in [2.75, 3.05) is 7.11 Å². The van der Waals surface area contributed by atoms with Crippen molar-refractivity contribution in [2.45, 2.75) is 0 Å². The number of rotatable bonds is 6. The van der Waals surface area contributed by atoms with E-state index in [1.54, 1.807) is 18.2 Å². The summed E-state index contributed by atoms with van der Waals surface area (Å²) < 4.78 is 11.1. The molecule has 0 radical (unpaired) electrons. The van der Waals surface area contributed by atoms with E-state index in [1.807, 2.05) is 24.3 Å². The number of methoxy groups -OCH3 is 1. The molecule has 0 atom stereocenters. The summed E-state index contributed by atoms with van der Waals surface area (Å²) in [6.07, 6.45) is 0. The lowest BCUT2D eigenvalue weighted by atomic mass is 10.1.